The van der Waals surface area contributed by atoms with E-state index in [4.69, 9.17) is 24.9 Å². The maximum absolute atomic E-state index is 12.0. The minimum atomic E-state index is -3.88. The molecule has 0 atom stereocenters. The van der Waals surface area contributed by atoms with Crippen molar-refractivity contribution >= 4 is 31.3 Å². The molecule has 0 amide bonds. The van der Waals surface area contributed by atoms with Crippen LogP contribution in [0, 0.1) is 0 Å². The van der Waals surface area contributed by atoms with Crippen LogP contribution in [-0.2, 0) is 23.3 Å². The number of hydrogen-bond donors (Lipinski definition) is 0. The minimum absolute atomic E-state index is 0.0928. The Labute approximate surface area is 150 Å². The Bertz CT molecular complexity index is 905. The molecule has 2 aromatic carbocycles. The first kappa shape index (κ1) is 18.8. The molecule has 0 fully saturated rings. The smallest absolute Gasteiger partial charge is 0.341 e. The monoisotopic (exact) mass is 382 g/mol. The van der Waals surface area contributed by atoms with Gasteiger partial charge in [-0.15, -0.1) is 0 Å². The maximum atomic E-state index is 12.0. The fourth-order valence-electron chi connectivity index (χ4n) is 2.04. The molecule has 0 bridgehead atoms. The number of hydrogen-bond acceptors (Lipinski definition) is 6. The molecule has 2 aromatic rings. The zero-order valence-electron chi connectivity index (χ0n) is 13.4. The summed E-state index contributed by atoms with van der Waals surface area (Å²) < 4.78 is 38.3. The Morgan fingerprint density at radius 3 is 2.44 bits per heavy atom. The Hall–Kier alpha value is -2.51. The van der Waals surface area contributed by atoms with E-state index in [1.165, 1.54) is 38.7 Å². The van der Waals surface area contributed by atoms with Crippen LogP contribution in [0.3, 0.4) is 0 Å². The Morgan fingerprint density at radius 2 is 1.80 bits per heavy atom. The third-order valence-electron chi connectivity index (χ3n) is 3.13. The lowest BCUT2D eigenvalue weighted by Crippen LogP contribution is -2.05. The summed E-state index contributed by atoms with van der Waals surface area (Å²) in [5.41, 5.74) is 0.581. The van der Waals surface area contributed by atoms with E-state index < -0.39 is 15.0 Å². The predicted molar refractivity (Wildman–Crippen MR) is 93.0 cm³/mol. The zero-order chi connectivity index (χ0) is 18.4. The van der Waals surface area contributed by atoms with Crippen molar-refractivity contribution in [3.05, 3.63) is 60.4 Å². The molecular formula is C17H15ClO6S. The van der Waals surface area contributed by atoms with Crippen molar-refractivity contribution in [3.63, 3.8) is 0 Å². The normalized spacial score (nSPS) is 11.7. The molecule has 0 saturated heterocycles. The van der Waals surface area contributed by atoms with E-state index in [-0.39, 0.29) is 16.2 Å². The van der Waals surface area contributed by atoms with Crippen molar-refractivity contribution in [2.75, 3.05) is 14.2 Å². The fraction of sp³-hybridized carbons (Fsp3) is 0.118. The SMILES string of the molecule is CO/C=C(/C(=O)OC)c1ccccc1Oc1cccc(S(=O)(=O)Cl)c1. The van der Waals surface area contributed by atoms with E-state index in [1.54, 1.807) is 30.3 Å². The second kappa shape index (κ2) is 8.04. The van der Waals surface area contributed by atoms with Crippen LogP contribution in [0.15, 0.2) is 59.7 Å². The number of benzene rings is 2. The molecule has 0 N–H and O–H groups in total. The first-order chi connectivity index (χ1) is 11.9. The van der Waals surface area contributed by atoms with Crippen LogP contribution in [0.25, 0.3) is 5.57 Å². The van der Waals surface area contributed by atoms with Gasteiger partial charge in [-0.3, -0.25) is 0 Å². The molecule has 0 heterocycles. The summed E-state index contributed by atoms with van der Waals surface area (Å²) in [4.78, 5) is 11.9. The molecule has 25 heavy (non-hydrogen) atoms. The van der Waals surface area contributed by atoms with Gasteiger partial charge in [0, 0.05) is 22.3 Å². The van der Waals surface area contributed by atoms with E-state index >= 15 is 0 Å². The van der Waals surface area contributed by atoms with E-state index in [2.05, 4.69) is 0 Å². The third-order valence-corrected chi connectivity index (χ3v) is 4.48. The number of para-hydroxylation sites is 1. The molecule has 8 heteroatoms. The molecule has 0 aliphatic carbocycles. The van der Waals surface area contributed by atoms with Crippen molar-refractivity contribution in [1.82, 2.24) is 0 Å². The average molecular weight is 383 g/mol. The van der Waals surface area contributed by atoms with Gasteiger partial charge in [-0.05, 0) is 18.2 Å². The Kier molecular flexibility index (Phi) is 6.06. The molecule has 0 aromatic heterocycles. The molecule has 2 rings (SSSR count). The number of halogens is 1. The van der Waals surface area contributed by atoms with Gasteiger partial charge in [-0.25, -0.2) is 13.2 Å². The van der Waals surface area contributed by atoms with Crippen LogP contribution in [0.2, 0.25) is 0 Å². The lowest BCUT2D eigenvalue weighted by atomic mass is 10.1. The Balaban J connectivity index is 2.45. The Morgan fingerprint density at radius 1 is 1.08 bits per heavy atom. The summed E-state index contributed by atoms with van der Waals surface area (Å²) in [6, 6.07) is 12.4. The van der Waals surface area contributed by atoms with Crippen LogP contribution in [-0.4, -0.2) is 28.6 Å². The van der Waals surface area contributed by atoms with Gasteiger partial charge >= 0.3 is 5.97 Å². The highest BCUT2D eigenvalue weighted by Crippen LogP contribution is 2.32. The van der Waals surface area contributed by atoms with Gasteiger partial charge < -0.3 is 14.2 Å². The molecule has 0 aliphatic heterocycles. The second-order valence-electron chi connectivity index (χ2n) is 4.77. The van der Waals surface area contributed by atoms with Gasteiger partial charge in [0.25, 0.3) is 9.05 Å². The van der Waals surface area contributed by atoms with Gasteiger partial charge in [0.15, 0.2) is 0 Å². The van der Waals surface area contributed by atoms with Gasteiger partial charge in [-0.2, -0.15) is 0 Å². The zero-order valence-corrected chi connectivity index (χ0v) is 15.0. The van der Waals surface area contributed by atoms with Crippen molar-refractivity contribution in [3.8, 4) is 11.5 Å². The highest BCUT2D eigenvalue weighted by atomic mass is 35.7. The highest BCUT2D eigenvalue weighted by molar-refractivity contribution is 8.13. The number of rotatable bonds is 6. The van der Waals surface area contributed by atoms with Crippen LogP contribution >= 0.6 is 10.7 Å². The molecule has 6 nitrogen and oxygen atoms in total. The standard InChI is InChI=1S/C17H15ClO6S/c1-22-11-15(17(19)23-2)14-8-3-4-9-16(14)24-12-6-5-7-13(10-12)25(18,20)21/h3-11H,1-2H3/b15-11+. The van der Waals surface area contributed by atoms with Crippen molar-refractivity contribution < 1.29 is 27.4 Å². The fourth-order valence-corrected chi connectivity index (χ4v) is 2.83. The van der Waals surface area contributed by atoms with E-state index in [1.807, 2.05) is 0 Å². The molecule has 0 radical (unpaired) electrons. The van der Waals surface area contributed by atoms with Crippen molar-refractivity contribution in [2.24, 2.45) is 0 Å². The van der Waals surface area contributed by atoms with Crippen LogP contribution in [0.1, 0.15) is 5.56 Å². The second-order valence-corrected chi connectivity index (χ2v) is 7.34. The third kappa shape index (κ3) is 4.74. The van der Waals surface area contributed by atoms with Crippen LogP contribution < -0.4 is 4.74 Å². The van der Waals surface area contributed by atoms with E-state index in [0.717, 1.165) is 0 Å². The topological polar surface area (TPSA) is 78.9 Å². The predicted octanol–water partition coefficient (Wildman–Crippen LogP) is 3.57. The molecule has 0 saturated carbocycles. The van der Waals surface area contributed by atoms with Gasteiger partial charge in [0.05, 0.1) is 25.4 Å². The first-order valence-corrected chi connectivity index (χ1v) is 9.31. The minimum Gasteiger partial charge on any atom is -0.503 e. The van der Waals surface area contributed by atoms with Crippen LogP contribution in [0.5, 0.6) is 11.5 Å². The van der Waals surface area contributed by atoms with Crippen molar-refractivity contribution in [1.29, 1.82) is 0 Å². The first-order valence-electron chi connectivity index (χ1n) is 7.00. The summed E-state index contributed by atoms with van der Waals surface area (Å²) in [5, 5.41) is 0. The van der Waals surface area contributed by atoms with Gasteiger partial charge in [-0.1, -0.05) is 24.3 Å². The average Bonchev–Trinajstić information content (AvgIpc) is 2.59. The molecule has 0 aliphatic rings. The van der Waals surface area contributed by atoms with E-state index in [0.29, 0.717) is 11.3 Å². The summed E-state index contributed by atoms with van der Waals surface area (Å²) in [6.07, 6.45) is 1.24. The number of methoxy groups -OCH3 is 2. The van der Waals surface area contributed by atoms with Crippen molar-refractivity contribution in [2.45, 2.75) is 4.90 Å². The molecule has 0 unspecified atom stereocenters. The maximum Gasteiger partial charge on any atom is 0.341 e. The summed E-state index contributed by atoms with van der Waals surface area (Å²) in [5.74, 6) is -0.0360. The summed E-state index contributed by atoms with van der Waals surface area (Å²) in [7, 11) is 4.12. The molecule has 0 spiro atoms. The molecule has 132 valence electrons. The lowest BCUT2D eigenvalue weighted by Gasteiger charge is -2.13. The lowest BCUT2D eigenvalue weighted by molar-refractivity contribution is -0.133. The number of esters is 1. The summed E-state index contributed by atoms with van der Waals surface area (Å²) >= 11 is 0. The number of ether oxygens (including phenoxy) is 3. The van der Waals surface area contributed by atoms with Gasteiger partial charge in [0.1, 0.15) is 17.1 Å². The van der Waals surface area contributed by atoms with E-state index in [9.17, 15) is 13.2 Å². The quantitative estimate of drug-likeness (QED) is 0.329. The number of carbonyl (C=O) groups excluding carboxylic acids is 1. The molecular weight excluding hydrogens is 368 g/mol. The van der Waals surface area contributed by atoms with Gasteiger partial charge in [0.2, 0.25) is 0 Å². The highest BCUT2D eigenvalue weighted by Gasteiger charge is 2.18. The van der Waals surface area contributed by atoms with Crippen LogP contribution in [0.4, 0.5) is 0 Å². The number of carbonyl (C=O) groups is 1. The largest absolute Gasteiger partial charge is 0.503 e. The summed E-state index contributed by atoms with van der Waals surface area (Å²) in [6.45, 7) is 0.